The minimum atomic E-state index is -0.0760. The summed E-state index contributed by atoms with van der Waals surface area (Å²) < 4.78 is 5.53. The van der Waals surface area contributed by atoms with Crippen LogP contribution in [0.1, 0.15) is 30.8 Å². The minimum absolute atomic E-state index is 0.0699. The van der Waals surface area contributed by atoms with E-state index in [0.29, 0.717) is 31.2 Å². The van der Waals surface area contributed by atoms with Gasteiger partial charge in [-0.25, -0.2) is 0 Å². The van der Waals surface area contributed by atoms with Crippen molar-refractivity contribution in [3.8, 4) is 0 Å². The number of hydrogen-bond acceptors (Lipinski definition) is 5. The van der Waals surface area contributed by atoms with E-state index in [1.165, 1.54) is 0 Å². The standard InChI is InChI=1S/C13H20N4O2/c1-3-14-12-6-5-11(15-16-12)13(18)17-7-4-8-19-10(2)9-17/h5-6,10H,3-4,7-9H2,1-2H3,(H,14,16). The molecule has 6 nitrogen and oxygen atoms in total. The highest BCUT2D eigenvalue weighted by Gasteiger charge is 2.22. The molecule has 1 saturated heterocycles. The van der Waals surface area contributed by atoms with Crippen molar-refractivity contribution in [2.45, 2.75) is 26.4 Å². The lowest BCUT2D eigenvalue weighted by molar-refractivity contribution is 0.0559. The Morgan fingerprint density at radius 1 is 1.53 bits per heavy atom. The van der Waals surface area contributed by atoms with Crippen molar-refractivity contribution in [3.05, 3.63) is 17.8 Å². The predicted molar refractivity (Wildman–Crippen MR) is 72.1 cm³/mol. The molecule has 1 aromatic rings. The zero-order valence-corrected chi connectivity index (χ0v) is 11.4. The van der Waals surface area contributed by atoms with Crippen LogP contribution in [0.4, 0.5) is 5.82 Å². The van der Waals surface area contributed by atoms with Crippen LogP contribution in [0.25, 0.3) is 0 Å². The molecule has 2 heterocycles. The second-order valence-corrected chi connectivity index (χ2v) is 4.62. The Kier molecular flexibility index (Phi) is 4.68. The Morgan fingerprint density at radius 2 is 2.37 bits per heavy atom. The van der Waals surface area contributed by atoms with Gasteiger partial charge in [-0.15, -0.1) is 10.2 Å². The molecule has 19 heavy (non-hydrogen) atoms. The summed E-state index contributed by atoms with van der Waals surface area (Å²) in [6.45, 7) is 6.76. The molecular formula is C13H20N4O2. The lowest BCUT2D eigenvalue weighted by atomic mass is 10.3. The maximum absolute atomic E-state index is 12.3. The topological polar surface area (TPSA) is 67.4 Å². The van der Waals surface area contributed by atoms with Crippen molar-refractivity contribution in [1.29, 1.82) is 0 Å². The molecule has 0 spiro atoms. The average Bonchev–Trinajstić information content (AvgIpc) is 2.64. The largest absolute Gasteiger partial charge is 0.377 e. The first kappa shape index (κ1) is 13.7. The highest BCUT2D eigenvalue weighted by molar-refractivity contribution is 5.92. The Morgan fingerprint density at radius 3 is 3.05 bits per heavy atom. The van der Waals surface area contributed by atoms with E-state index in [9.17, 15) is 4.79 Å². The number of nitrogens with one attached hydrogen (secondary N) is 1. The second-order valence-electron chi connectivity index (χ2n) is 4.62. The van der Waals surface area contributed by atoms with Gasteiger partial charge in [-0.2, -0.15) is 0 Å². The van der Waals surface area contributed by atoms with Crippen LogP contribution < -0.4 is 5.32 Å². The number of amides is 1. The van der Waals surface area contributed by atoms with Crippen LogP contribution in [0, 0.1) is 0 Å². The van der Waals surface area contributed by atoms with Crippen LogP contribution in [0.3, 0.4) is 0 Å². The number of rotatable bonds is 3. The molecule has 1 amide bonds. The first-order valence-corrected chi connectivity index (χ1v) is 6.69. The summed E-state index contributed by atoms with van der Waals surface area (Å²) in [4.78, 5) is 14.1. The number of carbonyl (C=O) groups is 1. The van der Waals surface area contributed by atoms with Crippen molar-refractivity contribution >= 4 is 11.7 Å². The molecule has 0 radical (unpaired) electrons. The zero-order valence-electron chi connectivity index (χ0n) is 11.4. The van der Waals surface area contributed by atoms with Gasteiger partial charge in [-0.05, 0) is 32.4 Å². The summed E-state index contributed by atoms with van der Waals surface area (Å²) >= 11 is 0. The van der Waals surface area contributed by atoms with Crippen molar-refractivity contribution < 1.29 is 9.53 Å². The first-order valence-electron chi connectivity index (χ1n) is 6.69. The van der Waals surface area contributed by atoms with Gasteiger partial charge in [0, 0.05) is 26.2 Å². The predicted octanol–water partition coefficient (Wildman–Crippen LogP) is 1.16. The summed E-state index contributed by atoms with van der Waals surface area (Å²) in [6.07, 6.45) is 0.930. The van der Waals surface area contributed by atoms with Gasteiger partial charge < -0.3 is 15.0 Å². The van der Waals surface area contributed by atoms with E-state index < -0.39 is 0 Å². The summed E-state index contributed by atoms with van der Waals surface area (Å²) in [5.74, 6) is 0.611. The van der Waals surface area contributed by atoms with E-state index in [0.717, 1.165) is 13.0 Å². The highest BCUT2D eigenvalue weighted by Crippen LogP contribution is 2.10. The van der Waals surface area contributed by atoms with Crippen LogP contribution in [0.15, 0.2) is 12.1 Å². The molecule has 0 aromatic carbocycles. The number of hydrogen-bond donors (Lipinski definition) is 1. The summed E-state index contributed by atoms with van der Waals surface area (Å²) in [7, 11) is 0. The van der Waals surface area contributed by atoms with E-state index >= 15 is 0 Å². The van der Waals surface area contributed by atoms with Crippen LogP contribution in [0.2, 0.25) is 0 Å². The minimum Gasteiger partial charge on any atom is -0.377 e. The van der Waals surface area contributed by atoms with E-state index in [2.05, 4.69) is 15.5 Å². The average molecular weight is 264 g/mol. The molecule has 1 fully saturated rings. The first-order chi connectivity index (χ1) is 9.20. The summed E-state index contributed by atoms with van der Waals surface area (Å²) in [6, 6.07) is 3.49. The van der Waals surface area contributed by atoms with E-state index in [1.807, 2.05) is 13.8 Å². The van der Waals surface area contributed by atoms with Gasteiger partial charge in [0.05, 0.1) is 6.10 Å². The normalized spacial score (nSPS) is 19.9. The molecule has 104 valence electrons. The molecule has 1 unspecified atom stereocenters. The van der Waals surface area contributed by atoms with Gasteiger partial charge in [0.15, 0.2) is 5.69 Å². The second kappa shape index (κ2) is 6.47. The molecule has 2 rings (SSSR count). The molecule has 1 atom stereocenters. The molecule has 6 heteroatoms. The smallest absolute Gasteiger partial charge is 0.274 e. The number of anilines is 1. The Hall–Kier alpha value is -1.69. The fourth-order valence-electron chi connectivity index (χ4n) is 2.06. The van der Waals surface area contributed by atoms with Crippen molar-refractivity contribution in [2.24, 2.45) is 0 Å². The lowest BCUT2D eigenvalue weighted by Crippen LogP contribution is -2.36. The van der Waals surface area contributed by atoms with Crippen LogP contribution >= 0.6 is 0 Å². The Bertz CT molecular complexity index is 421. The van der Waals surface area contributed by atoms with Crippen LogP contribution in [0.5, 0.6) is 0 Å². The fourth-order valence-corrected chi connectivity index (χ4v) is 2.06. The Balaban J connectivity index is 2.05. The van der Waals surface area contributed by atoms with Crippen molar-refractivity contribution in [1.82, 2.24) is 15.1 Å². The molecule has 0 saturated carbocycles. The van der Waals surface area contributed by atoms with Crippen LogP contribution in [-0.4, -0.2) is 53.3 Å². The maximum Gasteiger partial charge on any atom is 0.274 e. The van der Waals surface area contributed by atoms with E-state index in [-0.39, 0.29) is 12.0 Å². The third-order valence-electron chi connectivity index (χ3n) is 2.98. The zero-order chi connectivity index (χ0) is 13.7. The number of carbonyl (C=O) groups excluding carboxylic acids is 1. The van der Waals surface area contributed by atoms with Gasteiger partial charge in [0.1, 0.15) is 5.82 Å². The number of ether oxygens (including phenoxy) is 1. The molecule has 1 N–H and O–H groups in total. The van der Waals surface area contributed by atoms with Gasteiger partial charge >= 0.3 is 0 Å². The molecule has 0 aliphatic carbocycles. The Labute approximate surface area is 113 Å². The fraction of sp³-hybridized carbons (Fsp3) is 0.615. The van der Waals surface area contributed by atoms with E-state index in [1.54, 1.807) is 17.0 Å². The molecule has 1 aliphatic heterocycles. The van der Waals surface area contributed by atoms with E-state index in [4.69, 9.17) is 4.74 Å². The lowest BCUT2D eigenvalue weighted by Gasteiger charge is -2.21. The molecular weight excluding hydrogens is 244 g/mol. The molecule has 0 bridgehead atoms. The molecule has 1 aliphatic rings. The monoisotopic (exact) mass is 264 g/mol. The number of nitrogens with zero attached hydrogens (tertiary/aromatic N) is 3. The van der Waals surface area contributed by atoms with Crippen LogP contribution in [-0.2, 0) is 4.74 Å². The van der Waals surface area contributed by atoms with Gasteiger partial charge in [0.2, 0.25) is 0 Å². The van der Waals surface area contributed by atoms with Gasteiger partial charge in [0.25, 0.3) is 5.91 Å². The highest BCUT2D eigenvalue weighted by atomic mass is 16.5. The third kappa shape index (κ3) is 3.64. The third-order valence-corrected chi connectivity index (χ3v) is 2.98. The van der Waals surface area contributed by atoms with Crippen molar-refractivity contribution in [3.63, 3.8) is 0 Å². The van der Waals surface area contributed by atoms with Gasteiger partial charge in [-0.3, -0.25) is 4.79 Å². The maximum atomic E-state index is 12.3. The summed E-state index contributed by atoms with van der Waals surface area (Å²) in [5, 5.41) is 11.0. The number of aromatic nitrogens is 2. The molecule has 1 aromatic heterocycles. The van der Waals surface area contributed by atoms with Crippen molar-refractivity contribution in [2.75, 3.05) is 31.6 Å². The van der Waals surface area contributed by atoms with Gasteiger partial charge in [-0.1, -0.05) is 0 Å². The summed E-state index contributed by atoms with van der Waals surface area (Å²) in [5.41, 5.74) is 0.385. The SMILES string of the molecule is CCNc1ccc(C(=O)N2CCCOC(C)C2)nn1. The quantitative estimate of drug-likeness (QED) is 0.887.